The normalized spacial score (nSPS) is 15.4. The van der Waals surface area contributed by atoms with Crippen LogP contribution in [0.4, 0.5) is 26.3 Å². The summed E-state index contributed by atoms with van der Waals surface area (Å²) in [5.41, 5.74) is 1.19. The molecular formula is C21H21F6N5O7. The molecule has 0 radical (unpaired) electrons. The van der Waals surface area contributed by atoms with E-state index in [1.165, 1.54) is 6.20 Å². The number of aromatic nitrogens is 2. The maximum Gasteiger partial charge on any atom is 0.490 e. The van der Waals surface area contributed by atoms with E-state index in [1.54, 1.807) is 28.1 Å². The summed E-state index contributed by atoms with van der Waals surface area (Å²) in [6.07, 6.45) is -7.00. The zero-order chi connectivity index (χ0) is 29.5. The first-order valence-electron chi connectivity index (χ1n) is 10.8. The molecule has 214 valence electrons. The molecule has 0 atom stereocenters. The van der Waals surface area contributed by atoms with E-state index in [-0.39, 0.29) is 17.7 Å². The fourth-order valence-electron chi connectivity index (χ4n) is 3.09. The summed E-state index contributed by atoms with van der Waals surface area (Å²) in [5, 5.41) is 14.2. The summed E-state index contributed by atoms with van der Waals surface area (Å²) >= 11 is 0. The van der Waals surface area contributed by atoms with Crippen molar-refractivity contribution in [2.24, 2.45) is 0 Å². The highest BCUT2D eigenvalue weighted by atomic mass is 19.4. The number of carboxylic acid groups (broad SMARTS) is 2. The van der Waals surface area contributed by atoms with Crippen LogP contribution in [0.2, 0.25) is 0 Å². The number of pyridine rings is 1. The van der Waals surface area contributed by atoms with Crippen LogP contribution in [0.25, 0.3) is 0 Å². The van der Waals surface area contributed by atoms with Gasteiger partial charge in [0.2, 0.25) is 0 Å². The molecule has 4 rings (SSSR count). The second-order valence-corrected chi connectivity index (χ2v) is 7.99. The molecule has 2 aromatic rings. The third kappa shape index (κ3) is 8.94. The second kappa shape index (κ2) is 12.5. The van der Waals surface area contributed by atoms with E-state index in [1.807, 2.05) is 7.05 Å². The zero-order valence-corrected chi connectivity index (χ0v) is 20.0. The average molecular weight is 569 g/mol. The van der Waals surface area contributed by atoms with Crippen LogP contribution >= 0.6 is 0 Å². The minimum atomic E-state index is -5.08. The fraction of sp³-hybridized carbons (Fsp3) is 0.429. The van der Waals surface area contributed by atoms with E-state index in [0.717, 1.165) is 13.1 Å². The minimum absolute atomic E-state index is 0.117. The standard InChI is InChI=1S/C17H19N5O3.2C2HF3O2/c1-20-5-7-21(8-6-20)17(24)15-19-13-10-22(11-14(13)25-15)16(23)12-3-2-4-18-9-12;2*3-2(4,5)1(6)7/h2-4,9H,5-8,10-11H2,1H3;2*(H,6,7). The number of aliphatic carboxylic acids is 2. The lowest BCUT2D eigenvalue weighted by Crippen LogP contribution is -2.47. The van der Waals surface area contributed by atoms with Crippen LogP contribution in [0.3, 0.4) is 0 Å². The molecule has 2 N–H and O–H groups in total. The number of fused-ring (bicyclic) bond motifs is 1. The Hall–Kier alpha value is -4.22. The van der Waals surface area contributed by atoms with Crippen LogP contribution in [0.1, 0.15) is 32.5 Å². The van der Waals surface area contributed by atoms with E-state index in [9.17, 15) is 35.9 Å². The number of carbonyl (C=O) groups excluding carboxylic acids is 2. The number of piperazine rings is 1. The molecule has 2 aliphatic heterocycles. The van der Waals surface area contributed by atoms with Gasteiger partial charge < -0.3 is 29.3 Å². The van der Waals surface area contributed by atoms with Gasteiger partial charge in [-0.3, -0.25) is 14.6 Å². The summed E-state index contributed by atoms with van der Waals surface area (Å²) in [5.74, 6) is -5.08. The SMILES string of the molecule is CN1CCN(C(=O)c2nc3c(o2)CN(C(=O)c2cccnc2)C3)CC1.O=C(O)C(F)(F)F.O=C(O)C(F)(F)F. The number of carbonyl (C=O) groups is 4. The number of halogens is 6. The van der Waals surface area contributed by atoms with Gasteiger partial charge in [-0.1, -0.05) is 0 Å². The van der Waals surface area contributed by atoms with Crippen molar-refractivity contribution in [3.05, 3.63) is 47.4 Å². The number of likely N-dealkylation sites (N-methyl/N-ethyl adjacent to an activating group) is 1. The molecule has 2 amide bonds. The molecule has 0 saturated carbocycles. The third-order valence-corrected chi connectivity index (χ3v) is 5.11. The molecule has 1 saturated heterocycles. The van der Waals surface area contributed by atoms with Gasteiger partial charge >= 0.3 is 30.2 Å². The Kier molecular flexibility index (Phi) is 9.98. The molecule has 0 aromatic carbocycles. The third-order valence-electron chi connectivity index (χ3n) is 5.11. The van der Waals surface area contributed by atoms with Crippen molar-refractivity contribution in [3.63, 3.8) is 0 Å². The summed E-state index contributed by atoms with van der Waals surface area (Å²) in [6, 6.07) is 3.46. The zero-order valence-electron chi connectivity index (χ0n) is 20.0. The van der Waals surface area contributed by atoms with Crippen molar-refractivity contribution in [2.75, 3.05) is 33.2 Å². The van der Waals surface area contributed by atoms with E-state index in [2.05, 4.69) is 14.9 Å². The van der Waals surface area contributed by atoms with Crippen LogP contribution in [0, 0.1) is 0 Å². The first-order chi connectivity index (χ1) is 18.0. The van der Waals surface area contributed by atoms with Crippen LogP contribution in [0.15, 0.2) is 28.9 Å². The molecule has 0 unspecified atom stereocenters. The van der Waals surface area contributed by atoms with Crippen molar-refractivity contribution >= 4 is 23.8 Å². The number of nitrogens with zero attached hydrogens (tertiary/aromatic N) is 5. The van der Waals surface area contributed by atoms with Crippen molar-refractivity contribution in [1.82, 2.24) is 24.7 Å². The first kappa shape index (κ1) is 31.0. The lowest BCUT2D eigenvalue weighted by molar-refractivity contribution is -0.193. The van der Waals surface area contributed by atoms with Gasteiger partial charge in [0.25, 0.3) is 11.8 Å². The monoisotopic (exact) mass is 569 g/mol. The lowest BCUT2D eigenvalue weighted by atomic mass is 10.2. The fourth-order valence-corrected chi connectivity index (χ4v) is 3.09. The van der Waals surface area contributed by atoms with Gasteiger partial charge in [0.1, 0.15) is 11.5 Å². The summed E-state index contributed by atoms with van der Waals surface area (Å²) in [4.78, 5) is 56.6. The molecule has 1 fully saturated rings. The molecule has 39 heavy (non-hydrogen) atoms. The van der Waals surface area contributed by atoms with Crippen LogP contribution in [-0.4, -0.2) is 104 Å². The first-order valence-corrected chi connectivity index (χ1v) is 10.8. The second-order valence-electron chi connectivity index (χ2n) is 7.99. The molecule has 2 aliphatic rings. The Morgan fingerprint density at radius 3 is 1.85 bits per heavy atom. The molecule has 2 aromatic heterocycles. The number of amides is 2. The maximum atomic E-state index is 12.5. The van der Waals surface area contributed by atoms with Gasteiger partial charge in [0, 0.05) is 38.6 Å². The predicted octanol–water partition coefficient (Wildman–Crippen LogP) is 1.88. The minimum Gasteiger partial charge on any atom is -0.475 e. The van der Waals surface area contributed by atoms with Crippen molar-refractivity contribution in [3.8, 4) is 0 Å². The van der Waals surface area contributed by atoms with E-state index in [4.69, 9.17) is 24.2 Å². The Bertz CT molecular complexity index is 1130. The Morgan fingerprint density at radius 2 is 1.41 bits per heavy atom. The molecule has 4 heterocycles. The smallest absolute Gasteiger partial charge is 0.475 e. The average Bonchev–Trinajstić information content (AvgIpc) is 3.43. The van der Waals surface area contributed by atoms with Crippen LogP contribution in [0.5, 0.6) is 0 Å². The largest absolute Gasteiger partial charge is 0.490 e. The molecule has 0 bridgehead atoms. The van der Waals surface area contributed by atoms with Gasteiger partial charge in [0.15, 0.2) is 0 Å². The summed E-state index contributed by atoms with van der Waals surface area (Å²) in [6.45, 7) is 3.72. The van der Waals surface area contributed by atoms with Crippen molar-refractivity contribution in [1.29, 1.82) is 0 Å². The molecule has 0 spiro atoms. The molecular weight excluding hydrogens is 548 g/mol. The van der Waals surface area contributed by atoms with Gasteiger partial charge in [-0.05, 0) is 19.2 Å². The Balaban J connectivity index is 0.000000317. The maximum absolute atomic E-state index is 12.5. The van der Waals surface area contributed by atoms with Gasteiger partial charge in [-0.25, -0.2) is 14.6 Å². The quantitative estimate of drug-likeness (QED) is 0.512. The predicted molar refractivity (Wildman–Crippen MR) is 115 cm³/mol. The number of rotatable bonds is 2. The topological polar surface area (TPSA) is 157 Å². The number of alkyl halides is 6. The van der Waals surface area contributed by atoms with Crippen LogP contribution < -0.4 is 0 Å². The van der Waals surface area contributed by atoms with E-state index < -0.39 is 24.3 Å². The molecule has 18 heteroatoms. The molecule has 0 aliphatic carbocycles. The highest BCUT2D eigenvalue weighted by Gasteiger charge is 2.39. The number of oxazole rings is 1. The Labute approximate surface area is 215 Å². The van der Waals surface area contributed by atoms with E-state index in [0.29, 0.717) is 43.2 Å². The van der Waals surface area contributed by atoms with E-state index >= 15 is 0 Å². The highest BCUT2D eigenvalue weighted by Crippen LogP contribution is 2.25. The van der Waals surface area contributed by atoms with Gasteiger partial charge in [-0.2, -0.15) is 26.3 Å². The number of hydrogen-bond acceptors (Lipinski definition) is 8. The van der Waals surface area contributed by atoms with Crippen LogP contribution in [-0.2, 0) is 22.7 Å². The molecule has 12 nitrogen and oxygen atoms in total. The Morgan fingerprint density at radius 1 is 0.872 bits per heavy atom. The van der Waals surface area contributed by atoms with Crippen molar-refractivity contribution < 1.29 is 60.2 Å². The number of carboxylic acids is 2. The van der Waals surface area contributed by atoms with Gasteiger partial charge in [-0.15, -0.1) is 0 Å². The van der Waals surface area contributed by atoms with Crippen molar-refractivity contribution in [2.45, 2.75) is 25.4 Å². The van der Waals surface area contributed by atoms with Gasteiger partial charge in [0.05, 0.1) is 18.7 Å². The highest BCUT2D eigenvalue weighted by molar-refractivity contribution is 5.94. The summed E-state index contributed by atoms with van der Waals surface area (Å²) < 4.78 is 69.1. The number of hydrogen-bond donors (Lipinski definition) is 2. The lowest BCUT2D eigenvalue weighted by Gasteiger charge is -2.31. The summed E-state index contributed by atoms with van der Waals surface area (Å²) in [7, 11) is 2.04.